The summed E-state index contributed by atoms with van der Waals surface area (Å²) in [5.74, 6) is 1.79. The van der Waals surface area contributed by atoms with Crippen LogP contribution in [-0.2, 0) is 4.79 Å². The number of benzene rings is 3. The van der Waals surface area contributed by atoms with Crippen LogP contribution in [-0.4, -0.2) is 46.9 Å². The largest absolute Gasteiger partial charge is 0.493 e. The molecule has 0 radical (unpaired) electrons. The highest BCUT2D eigenvalue weighted by Gasteiger charge is 2.17. The number of methoxy groups -OCH3 is 2. The summed E-state index contributed by atoms with van der Waals surface area (Å²) in [5, 5.41) is 13.4. The summed E-state index contributed by atoms with van der Waals surface area (Å²) in [4.78, 5) is 12.5. The third-order valence-corrected chi connectivity index (χ3v) is 6.03. The third-order valence-electron chi connectivity index (χ3n) is 5.10. The van der Waals surface area contributed by atoms with Crippen LogP contribution in [0, 0.1) is 6.92 Å². The van der Waals surface area contributed by atoms with Crippen LogP contribution in [0.3, 0.4) is 0 Å². The van der Waals surface area contributed by atoms with Crippen LogP contribution in [0.4, 0.5) is 0 Å². The van der Waals surface area contributed by atoms with Crippen LogP contribution < -0.4 is 14.9 Å². The molecule has 3 aromatic carbocycles. The van der Waals surface area contributed by atoms with E-state index in [0.29, 0.717) is 22.5 Å². The number of hydrogen-bond acceptors (Lipinski definition) is 7. The number of carbonyl (C=O) groups excluding carboxylic acids is 1. The molecular weight excluding hydrogens is 462 g/mol. The molecule has 1 amide bonds. The second-order valence-corrected chi connectivity index (χ2v) is 8.48. The van der Waals surface area contributed by atoms with Crippen molar-refractivity contribution in [1.29, 1.82) is 0 Å². The van der Waals surface area contributed by atoms with E-state index >= 15 is 0 Å². The summed E-state index contributed by atoms with van der Waals surface area (Å²) >= 11 is 1.29. The Balaban J connectivity index is 1.46. The molecule has 9 heteroatoms. The van der Waals surface area contributed by atoms with E-state index < -0.39 is 0 Å². The molecule has 0 aliphatic heterocycles. The number of thioether (sulfide) groups is 1. The van der Waals surface area contributed by atoms with E-state index in [1.165, 1.54) is 11.8 Å². The van der Waals surface area contributed by atoms with Crippen LogP contribution in [0.5, 0.6) is 11.5 Å². The van der Waals surface area contributed by atoms with Crippen molar-refractivity contribution in [2.24, 2.45) is 5.10 Å². The lowest BCUT2D eigenvalue weighted by Gasteiger charge is -2.10. The van der Waals surface area contributed by atoms with E-state index in [1.807, 2.05) is 72.2 Å². The maximum absolute atomic E-state index is 12.5. The number of aromatic nitrogens is 3. The number of amides is 1. The zero-order chi connectivity index (χ0) is 24.6. The Morgan fingerprint density at radius 1 is 1.00 bits per heavy atom. The topological polar surface area (TPSA) is 90.6 Å². The summed E-state index contributed by atoms with van der Waals surface area (Å²) in [6.07, 6.45) is 1.55. The maximum atomic E-state index is 12.5. The van der Waals surface area contributed by atoms with Gasteiger partial charge >= 0.3 is 0 Å². The van der Waals surface area contributed by atoms with Crippen molar-refractivity contribution in [3.05, 3.63) is 83.9 Å². The number of aryl methyl sites for hydroxylation is 1. The molecule has 4 rings (SSSR count). The minimum absolute atomic E-state index is 0.127. The number of nitrogens with zero attached hydrogens (tertiary/aromatic N) is 4. The van der Waals surface area contributed by atoms with E-state index in [-0.39, 0.29) is 11.7 Å². The molecule has 0 bridgehead atoms. The van der Waals surface area contributed by atoms with E-state index in [0.717, 1.165) is 22.4 Å². The highest BCUT2D eigenvalue weighted by molar-refractivity contribution is 7.99. The Morgan fingerprint density at radius 3 is 2.46 bits per heavy atom. The SMILES string of the molecule is COc1ccc(C=NNC(=O)CSc2nnc(-c3ccccc3)n2-c2ccc(C)cc2)cc1OC. The van der Waals surface area contributed by atoms with Gasteiger partial charge in [-0.2, -0.15) is 5.10 Å². The molecule has 1 N–H and O–H groups in total. The molecule has 0 aliphatic rings. The molecule has 0 atom stereocenters. The van der Waals surface area contributed by atoms with Gasteiger partial charge in [-0.15, -0.1) is 10.2 Å². The first-order valence-corrected chi connectivity index (χ1v) is 11.8. The summed E-state index contributed by atoms with van der Waals surface area (Å²) < 4.78 is 12.5. The average Bonchev–Trinajstić information content (AvgIpc) is 3.32. The van der Waals surface area contributed by atoms with Gasteiger partial charge in [0.15, 0.2) is 22.5 Å². The number of ether oxygens (including phenoxy) is 2. The zero-order valence-corrected chi connectivity index (χ0v) is 20.5. The van der Waals surface area contributed by atoms with Crippen LogP contribution in [0.1, 0.15) is 11.1 Å². The van der Waals surface area contributed by atoms with E-state index in [4.69, 9.17) is 9.47 Å². The lowest BCUT2D eigenvalue weighted by Crippen LogP contribution is -2.20. The van der Waals surface area contributed by atoms with Gasteiger partial charge in [0.1, 0.15) is 0 Å². The first-order chi connectivity index (χ1) is 17.1. The molecule has 0 saturated heterocycles. The lowest BCUT2D eigenvalue weighted by atomic mass is 10.2. The van der Waals surface area contributed by atoms with E-state index in [9.17, 15) is 4.79 Å². The third kappa shape index (κ3) is 5.88. The summed E-state index contributed by atoms with van der Waals surface area (Å²) in [6, 6.07) is 23.3. The van der Waals surface area contributed by atoms with Crippen LogP contribution in [0.2, 0.25) is 0 Å². The Hall–Kier alpha value is -4.11. The molecule has 0 unspecified atom stereocenters. The molecule has 4 aromatic rings. The summed E-state index contributed by atoms with van der Waals surface area (Å²) in [6.45, 7) is 2.04. The molecule has 35 heavy (non-hydrogen) atoms. The smallest absolute Gasteiger partial charge is 0.250 e. The number of hydrogen-bond donors (Lipinski definition) is 1. The van der Waals surface area contributed by atoms with Crippen molar-refractivity contribution in [2.45, 2.75) is 12.1 Å². The van der Waals surface area contributed by atoms with Crippen molar-refractivity contribution in [1.82, 2.24) is 20.2 Å². The maximum Gasteiger partial charge on any atom is 0.250 e. The predicted molar refractivity (Wildman–Crippen MR) is 138 cm³/mol. The molecule has 1 aromatic heterocycles. The summed E-state index contributed by atoms with van der Waals surface area (Å²) in [7, 11) is 3.14. The molecule has 178 valence electrons. The zero-order valence-electron chi connectivity index (χ0n) is 19.6. The van der Waals surface area contributed by atoms with Gasteiger partial charge in [0.25, 0.3) is 5.91 Å². The standard InChI is InChI=1S/C26H25N5O3S/c1-18-9-12-21(13-10-18)31-25(20-7-5-4-6-8-20)29-30-26(31)35-17-24(32)28-27-16-19-11-14-22(33-2)23(15-19)34-3/h4-16H,17H2,1-3H3,(H,28,32). The number of carbonyl (C=O) groups is 1. The molecule has 0 aliphatic carbocycles. The fourth-order valence-corrected chi connectivity index (χ4v) is 4.08. The van der Waals surface area contributed by atoms with Crippen LogP contribution in [0.15, 0.2) is 83.1 Å². The van der Waals surface area contributed by atoms with E-state index in [2.05, 4.69) is 20.7 Å². The molecule has 8 nitrogen and oxygen atoms in total. The molecule has 0 spiro atoms. The monoisotopic (exact) mass is 487 g/mol. The summed E-state index contributed by atoms with van der Waals surface area (Å²) in [5.41, 5.74) is 6.34. The van der Waals surface area contributed by atoms with Gasteiger partial charge in [0.2, 0.25) is 0 Å². The molecule has 1 heterocycles. The lowest BCUT2D eigenvalue weighted by molar-refractivity contribution is -0.118. The fourth-order valence-electron chi connectivity index (χ4n) is 3.34. The quantitative estimate of drug-likeness (QED) is 0.212. The number of rotatable bonds is 9. The van der Waals surface area contributed by atoms with Crippen molar-refractivity contribution < 1.29 is 14.3 Å². The normalized spacial score (nSPS) is 10.9. The Morgan fingerprint density at radius 2 is 1.74 bits per heavy atom. The fraction of sp³-hybridized carbons (Fsp3) is 0.154. The van der Waals surface area contributed by atoms with Gasteiger partial charge in [-0.1, -0.05) is 59.8 Å². The highest BCUT2D eigenvalue weighted by Crippen LogP contribution is 2.28. The van der Waals surface area contributed by atoms with Gasteiger partial charge in [-0.25, -0.2) is 5.43 Å². The van der Waals surface area contributed by atoms with Gasteiger partial charge in [0.05, 0.1) is 26.2 Å². The first-order valence-electron chi connectivity index (χ1n) is 10.8. The Kier molecular flexibility index (Phi) is 7.79. The minimum atomic E-state index is -0.258. The van der Waals surface area contributed by atoms with Crippen molar-refractivity contribution >= 4 is 23.9 Å². The van der Waals surface area contributed by atoms with Gasteiger partial charge < -0.3 is 9.47 Å². The molecule has 0 saturated carbocycles. The minimum Gasteiger partial charge on any atom is -0.493 e. The van der Waals surface area contributed by atoms with E-state index in [1.54, 1.807) is 32.6 Å². The van der Waals surface area contributed by atoms with Gasteiger partial charge in [0, 0.05) is 11.3 Å². The number of hydrazone groups is 1. The van der Waals surface area contributed by atoms with Crippen molar-refractivity contribution in [3.63, 3.8) is 0 Å². The van der Waals surface area contributed by atoms with Crippen molar-refractivity contribution in [3.8, 4) is 28.6 Å². The molecule has 0 fully saturated rings. The predicted octanol–water partition coefficient (Wildman–Crippen LogP) is 4.50. The first kappa shape index (κ1) is 24.0. The second kappa shape index (κ2) is 11.3. The van der Waals surface area contributed by atoms with Crippen LogP contribution >= 0.6 is 11.8 Å². The molecular formula is C26H25N5O3S. The Bertz CT molecular complexity index is 1320. The second-order valence-electron chi connectivity index (χ2n) is 7.54. The van der Waals surface area contributed by atoms with Crippen molar-refractivity contribution in [2.75, 3.05) is 20.0 Å². The van der Waals surface area contributed by atoms with Gasteiger partial charge in [-0.3, -0.25) is 9.36 Å². The number of nitrogens with one attached hydrogen (secondary N) is 1. The Labute approximate surface area is 208 Å². The highest BCUT2D eigenvalue weighted by atomic mass is 32.2. The van der Waals surface area contributed by atoms with Crippen LogP contribution in [0.25, 0.3) is 17.1 Å². The van der Waals surface area contributed by atoms with Gasteiger partial charge in [-0.05, 0) is 42.8 Å². The average molecular weight is 488 g/mol.